The summed E-state index contributed by atoms with van der Waals surface area (Å²) in [6.07, 6.45) is 2.76. The number of benzene rings is 1. The fourth-order valence-corrected chi connectivity index (χ4v) is 2.26. The SMILES string of the molecule is COc1cccc(CN(C)c2ccc(CC(C)N)cn2)c1. The molecule has 1 heterocycles. The molecule has 1 atom stereocenters. The summed E-state index contributed by atoms with van der Waals surface area (Å²) in [5, 5.41) is 0. The molecule has 0 spiro atoms. The zero-order valence-corrected chi connectivity index (χ0v) is 12.9. The van der Waals surface area contributed by atoms with Crippen molar-refractivity contribution in [2.45, 2.75) is 25.9 Å². The van der Waals surface area contributed by atoms with Crippen LogP contribution in [0.2, 0.25) is 0 Å². The first-order valence-electron chi connectivity index (χ1n) is 7.13. The average molecular weight is 285 g/mol. The van der Waals surface area contributed by atoms with Gasteiger partial charge in [0.05, 0.1) is 7.11 Å². The third kappa shape index (κ3) is 4.46. The van der Waals surface area contributed by atoms with E-state index in [1.807, 2.05) is 44.4 Å². The summed E-state index contributed by atoms with van der Waals surface area (Å²) < 4.78 is 5.25. The van der Waals surface area contributed by atoms with Crippen molar-refractivity contribution in [2.24, 2.45) is 5.73 Å². The molecule has 1 aromatic heterocycles. The van der Waals surface area contributed by atoms with Crippen molar-refractivity contribution in [3.8, 4) is 5.75 Å². The smallest absolute Gasteiger partial charge is 0.128 e. The third-order valence-corrected chi connectivity index (χ3v) is 3.31. The summed E-state index contributed by atoms with van der Waals surface area (Å²) in [4.78, 5) is 6.63. The topological polar surface area (TPSA) is 51.4 Å². The van der Waals surface area contributed by atoms with Crippen LogP contribution in [0.3, 0.4) is 0 Å². The monoisotopic (exact) mass is 285 g/mol. The number of anilines is 1. The van der Waals surface area contributed by atoms with Gasteiger partial charge in [-0.3, -0.25) is 0 Å². The van der Waals surface area contributed by atoms with E-state index in [9.17, 15) is 0 Å². The normalized spacial score (nSPS) is 12.0. The molecule has 112 valence electrons. The highest BCUT2D eigenvalue weighted by atomic mass is 16.5. The van der Waals surface area contributed by atoms with Crippen molar-refractivity contribution in [3.63, 3.8) is 0 Å². The summed E-state index contributed by atoms with van der Waals surface area (Å²) in [7, 11) is 3.72. The van der Waals surface area contributed by atoms with Crippen LogP contribution in [0, 0.1) is 0 Å². The lowest BCUT2D eigenvalue weighted by Gasteiger charge is -2.19. The van der Waals surface area contributed by atoms with Gasteiger partial charge in [0.25, 0.3) is 0 Å². The van der Waals surface area contributed by atoms with Gasteiger partial charge >= 0.3 is 0 Å². The lowest BCUT2D eigenvalue weighted by atomic mass is 10.1. The van der Waals surface area contributed by atoms with Crippen LogP contribution in [0.4, 0.5) is 5.82 Å². The van der Waals surface area contributed by atoms with Crippen molar-refractivity contribution in [3.05, 3.63) is 53.7 Å². The van der Waals surface area contributed by atoms with Crippen LogP contribution in [0.1, 0.15) is 18.1 Å². The van der Waals surface area contributed by atoms with Crippen LogP contribution >= 0.6 is 0 Å². The summed E-state index contributed by atoms with van der Waals surface area (Å²) >= 11 is 0. The van der Waals surface area contributed by atoms with Gasteiger partial charge in [0.15, 0.2) is 0 Å². The molecule has 0 saturated carbocycles. The molecule has 0 saturated heterocycles. The van der Waals surface area contributed by atoms with E-state index in [0.29, 0.717) is 0 Å². The van der Waals surface area contributed by atoms with E-state index in [1.54, 1.807) is 7.11 Å². The molecular weight excluding hydrogens is 262 g/mol. The number of methoxy groups -OCH3 is 1. The van der Waals surface area contributed by atoms with E-state index >= 15 is 0 Å². The molecule has 4 nitrogen and oxygen atoms in total. The number of aromatic nitrogens is 1. The summed E-state index contributed by atoms with van der Waals surface area (Å²) in [6.45, 7) is 2.79. The number of hydrogen-bond donors (Lipinski definition) is 1. The molecule has 1 aromatic carbocycles. The molecule has 0 aliphatic carbocycles. The Kier molecular flexibility index (Phi) is 5.17. The van der Waals surface area contributed by atoms with Crippen molar-refractivity contribution in [1.29, 1.82) is 0 Å². The molecule has 1 unspecified atom stereocenters. The second-order valence-corrected chi connectivity index (χ2v) is 5.41. The first-order valence-corrected chi connectivity index (χ1v) is 7.13. The Morgan fingerprint density at radius 1 is 1.24 bits per heavy atom. The number of hydrogen-bond acceptors (Lipinski definition) is 4. The Morgan fingerprint density at radius 3 is 2.67 bits per heavy atom. The minimum atomic E-state index is 0.159. The Balaban J connectivity index is 2.03. The van der Waals surface area contributed by atoms with Gasteiger partial charge in [-0.25, -0.2) is 4.98 Å². The van der Waals surface area contributed by atoms with Crippen LogP contribution in [-0.4, -0.2) is 25.2 Å². The van der Waals surface area contributed by atoms with E-state index in [1.165, 1.54) is 11.1 Å². The molecule has 0 amide bonds. The quantitative estimate of drug-likeness (QED) is 0.886. The Labute approximate surface area is 126 Å². The number of nitrogens with zero attached hydrogens (tertiary/aromatic N) is 2. The number of pyridine rings is 1. The first-order chi connectivity index (χ1) is 10.1. The molecular formula is C17H23N3O. The minimum Gasteiger partial charge on any atom is -0.497 e. The van der Waals surface area contributed by atoms with Gasteiger partial charge < -0.3 is 15.4 Å². The number of rotatable bonds is 6. The molecule has 2 aromatic rings. The molecule has 4 heteroatoms. The molecule has 0 bridgehead atoms. The zero-order valence-electron chi connectivity index (χ0n) is 12.9. The van der Waals surface area contributed by atoms with Gasteiger partial charge in [-0.2, -0.15) is 0 Å². The van der Waals surface area contributed by atoms with Gasteiger partial charge in [-0.15, -0.1) is 0 Å². The molecule has 0 fully saturated rings. The van der Waals surface area contributed by atoms with Crippen molar-refractivity contribution >= 4 is 5.82 Å². The fourth-order valence-electron chi connectivity index (χ4n) is 2.26. The van der Waals surface area contributed by atoms with Gasteiger partial charge in [-0.05, 0) is 42.7 Å². The lowest BCUT2D eigenvalue weighted by Crippen LogP contribution is -2.19. The standard InChI is InChI=1S/C17H23N3O/c1-13(18)9-14-7-8-17(19-11-14)20(2)12-15-5-4-6-16(10-15)21-3/h4-8,10-11,13H,9,12,18H2,1-3H3. The first kappa shape index (κ1) is 15.3. The van der Waals surface area contributed by atoms with Gasteiger partial charge in [0.2, 0.25) is 0 Å². The van der Waals surface area contributed by atoms with E-state index in [0.717, 1.165) is 24.5 Å². The summed E-state index contributed by atoms with van der Waals surface area (Å²) in [5.74, 6) is 1.83. The molecule has 2 N–H and O–H groups in total. The third-order valence-electron chi connectivity index (χ3n) is 3.31. The van der Waals surface area contributed by atoms with E-state index in [2.05, 4.69) is 22.0 Å². The highest BCUT2D eigenvalue weighted by Gasteiger charge is 2.05. The highest BCUT2D eigenvalue weighted by Crippen LogP contribution is 2.17. The number of ether oxygens (including phenoxy) is 1. The highest BCUT2D eigenvalue weighted by molar-refractivity contribution is 5.40. The van der Waals surface area contributed by atoms with E-state index in [-0.39, 0.29) is 6.04 Å². The molecule has 0 aliphatic heterocycles. The number of nitrogens with two attached hydrogens (primary N) is 1. The Bertz CT molecular complexity index is 567. The van der Waals surface area contributed by atoms with Crippen molar-refractivity contribution in [1.82, 2.24) is 4.98 Å². The van der Waals surface area contributed by atoms with Crippen LogP contribution < -0.4 is 15.4 Å². The van der Waals surface area contributed by atoms with E-state index in [4.69, 9.17) is 10.5 Å². The Hall–Kier alpha value is -2.07. The summed E-state index contributed by atoms with van der Waals surface area (Å²) in [6, 6.07) is 12.4. The summed E-state index contributed by atoms with van der Waals surface area (Å²) in [5.41, 5.74) is 8.16. The van der Waals surface area contributed by atoms with Crippen LogP contribution in [0.25, 0.3) is 0 Å². The van der Waals surface area contributed by atoms with Crippen molar-refractivity contribution in [2.75, 3.05) is 19.1 Å². The Morgan fingerprint density at radius 2 is 2.05 bits per heavy atom. The maximum atomic E-state index is 5.80. The van der Waals surface area contributed by atoms with Crippen LogP contribution in [-0.2, 0) is 13.0 Å². The molecule has 0 radical (unpaired) electrons. The van der Waals surface area contributed by atoms with Gasteiger partial charge in [0, 0.05) is 25.8 Å². The molecule has 2 rings (SSSR count). The van der Waals surface area contributed by atoms with Crippen molar-refractivity contribution < 1.29 is 4.74 Å². The van der Waals surface area contributed by atoms with Crippen LogP contribution in [0.5, 0.6) is 5.75 Å². The fraction of sp³-hybridized carbons (Fsp3) is 0.353. The molecule has 0 aliphatic rings. The lowest BCUT2D eigenvalue weighted by molar-refractivity contribution is 0.414. The average Bonchev–Trinajstić information content (AvgIpc) is 2.47. The zero-order chi connectivity index (χ0) is 15.2. The maximum absolute atomic E-state index is 5.80. The van der Waals surface area contributed by atoms with E-state index < -0.39 is 0 Å². The van der Waals surface area contributed by atoms with Crippen LogP contribution in [0.15, 0.2) is 42.6 Å². The largest absolute Gasteiger partial charge is 0.497 e. The van der Waals surface area contributed by atoms with Gasteiger partial charge in [0.1, 0.15) is 11.6 Å². The maximum Gasteiger partial charge on any atom is 0.128 e. The second-order valence-electron chi connectivity index (χ2n) is 5.41. The minimum absolute atomic E-state index is 0.159. The van der Waals surface area contributed by atoms with Gasteiger partial charge in [-0.1, -0.05) is 18.2 Å². The predicted molar refractivity (Wildman–Crippen MR) is 86.7 cm³/mol. The second kappa shape index (κ2) is 7.09. The molecule has 21 heavy (non-hydrogen) atoms. The predicted octanol–water partition coefficient (Wildman–Crippen LogP) is 2.62.